The molecule has 122 valence electrons. The van der Waals surface area contributed by atoms with Crippen LogP contribution in [0, 0.1) is 5.92 Å². The van der Waals surface area contributed by atoms with E-state index in [2.05, 4.69) is 15.5 Å². The van der Waals surface area contributed by atoms with Crippen LogP contribution in [0.25, 0.3) is 5.69 Å². The van der Waals surface area contributed by atoms with Crippen molar-refractivity contribution < 1.29 is 4.79 Å². The lowest BCUT2D eigenvalue weighted by Crippen LogP contribution is -2.45. The normalized spacial score (nSPS) is 19.6. The van der Waals surface area contributed by atoms with Crippen LogP contribution in [-0.2, 0) is 11.2 Å². The van der Waals surface area contributed by atoms with Gasteiger partial charge in [0.15, 0.2) is 0 Å². The summed E-state index contributed by atoms with van der Waals surface area (Å²) >= 11 is 0. The molecule has 0 saturated carbocycles. The molecule has 2 unspecified atom stereocenters. The highest BCUT2D eigenvalue weighted by molar-refractivity contribution is 5.79. The van der Waals surface area contributed by atoms with E-state index in [4.69, 9.17) is 5.73 Å². The number of benzene rings is 1. The minimum atomic E-state index is 0.140. The molecule has 0 radical (unpaired) electrons. The minimum absolute atomic E-state index is 0.140. The van der Waals surface area contributed by atoms with Crippen molar-refractivity contribution in [1.29, 1.82) is 0 Å². The number of amides is 1. The molecule has 23 heavy (non-hydrogen) atoms. The Balaban J connectivity index is 1.61. The zero-order valence-electron chi connectivity index (χ0n) is 13.3. The third kappa shape index (κ3) is 3.73. The van der Waals surface area contributed by atoms with E-state index in [1.54, 1.807) is 11.0 Å². The molecule has 1 saturated heterocycles. The van der Waals surface area contributed by atoms with Gasteiger partial charge >= 0.3 is 0 Å². The van der Waals surface area contributed by atoms with Crippen LogP contribution >= 0.6 is 0 Å². The molecule has 0 aliphatic carbocycles. The number of carbonyl (C=O) groups excluding carboxylic acids is 1. The lowest BCUT2D eigenvalue weighted by atomic mass is 9.92. The SMILES string of the molecule is CC(N)C1CCCN(C(=O)Cc2ccc(-n3cnnn3)cc2)C1. The Bertz CT molecular complexity index is 637. The number of carbonyl (C=O) groups is 1. The zero-order chi connectivity index (χ0) is 16.2. The van der Waals surface area contributed by atoms with Gasteiger partial charge in [-0.3, -0.25) is 4.79 Å². The summed E-state index contributed by atoms with van der Waals surface area (Å²) in [4.78, 5) is 14.4. The molecule has 2 heterocycles. The highest BCUT2D eigenvalue weighted by atomic mass is 16.2. The first kappa shape index (κ1) is 15.6. The topological polar surface area (TPSA) is 89.9 Å². The number of nitrogens with two attached hydrogens (primary N) is 1. The number of aromatic nitrogens is 4. The summed E-state index contributed by atoms with van der Waals surface area (Å²) in [7, 11) is 0. The van der Waals surface area contributed by atoms with Crippen LogP contribution in [0.5, 0.6) is 0 Å². The van der Waals surface area contributed by atoms with Gasteiger partial charge in [-0.1, -0.05) is 12.1 Å². The fourth-order valence-corrected chi connectivity index (χ4v) is 3.00. The minimum Gasteiger partial charge on any atom is -0.342 e. The van der Waals surface area contributed by atoms with Crippen molar-refractivity contribution in [3.63, 3.8) is 0 Å². The largest absolute Gasteiger partial charge is 0.342 e. The first-order chi connectivity index (χ1) is 11.1. The predicted octanol–water partition coefficient (Wildman–Crippen LogP) is 0.791. The standard InChI is InChI=1S/C16H22N6O/c1-12(17)14-3-2-8-21(10-14)16(23)9-13-4-6-15(7-5-13)22-11-18-19-20-22/h4-7,11-12,14H,2-3,8-10,17H2,1H3. The molecule has 1 fully saturated rings. The molecular formula is C16H22N6O. The lowest BCUT2D eigenvalue weighted by molar-refractivity contribution is -0.132. The summed E-state index contributed by atoms with van der Waals surface area (Å²) in [5.41, 5.74) is 7.86. The quantitative estimate of drug-likeness (QED) is 0.901. The Morgan fingerprint density at radius 2 is 2.17 bits per heavy atom. The van der Waals surface area contributed by atoms with Gasteiger partial charge in [0.25, 0.3) is 0 Å². The van der Waals surface area contributed by atoms with Crippen molar-refractivity contribution >= 4 is 5.91 Å². The Morgan fingerprint density at radius 3 is 2.83 bits per heavy atom. The van der Waals surface area contributed by atoms with Gasteiger partial charge in [0.2, 0.25) is 5.91 Å². The van der Waals surface area contributed by atoms with E-state index in [1.165, 1.54) is 0 Å². The van der Waals surface area contributed by atoms with Crippen molar-refractivity contribution in [2.75, 3.05) is 13.1 Å². The van der Waals surface area contributed by atoms with E-state index in [0.29, 0.717) is 12.3 Å². The maximum absolute atomic E-state index is 12.5. The van der Waals surface area contributed by atoms with Crippen LogP contribution in [-0.4, -0.2) is 50.1 Å². The summed E-state index contributed by atoms with van der Waals surface area (Å²) in [6, 6.07) is 7.87. The van der Waals surface area contributed by atoms with Crippen molar-refractivity contribution in [3.05, 3.63) is 36.2 Å². The third-order valence-corrected chi connectivity index (χ3v) is 4.46. The van der Waals surface area contributed by atoms with Crippen molar-refractivity contribution in [2.24, 2.45) is 11.7 Å². The maximum Gasteiger partial charge on any atom is 0.226 e. The first-order valence-corrected chi connectivity index (χ1v) is 7.99. The molecule has 7 heteroatoms. The molecule has 1 aromatic heterocycles. The number of hydrogen-bond donors (Lipinski definition) is 1. The second kappa shape index (κ2) is 6.87. The Labute approximate surface area is 135 Å². The molecular weight excluding hydrogens is 292 g/mol. The van der Waals surface area contributed by atoms with Crippen molar-refractivity contribution in [2.45, 2.75) is 32.2 Å². The summed E-state index contributed by atoms with van der Waals surface area (Å²) < 4.78 is 1.59. The monoisotopic (exact) mass is 314 g/mol. The van der Waals surface area contributed by atoms with Crippen LogP contribution in [0.1, 0.15) is 25.3 Å². The molecule has 2 N–H and O–H groups in total. The smallest absolute Gasteiger partial charge is 0.226 e. The Morgan fingerprint density at radius 1 is 1.39 bits per heavy atom. The van der Waals surface area contributed by atoms with E-state index in [0.717, 1.165) is 37.2 Å². The van der Waals surface area contributed by atoms with Crippen molar-refractivity contribution in [3.8, 4) is 5.69 Å². The van der Waals surface area contributed by atoms with Crippen molar-refractivity contribution in [1.82, 2.24) is 25.1 Å². The van der Waals surface area contributed by atoms with E-state index in [-0.39, 0.29) is 11.9 Å². The lowest BCUT2D eigenvalue weighted by Gasteiger charge is -2.34. The van der Waals surface area contributed by atoms with E-state index in [9.17, 15) is 4.79 Å². The first-order valence-electron chi connectivity index (χ1n) is 7.99. The molecule has 0 spiro atoms. The predicted molar refractivity (Wildman–Crippen MR) is 85.8 cm³/mol. The summed E-state index contributed by atoms with van der Waals surface area (Å²) in [5, 5.41) is 11.1. The van der Waals surface area contributed by atoms with E-state index >= 15 is 0 Å². The average molecular weight is 314 g/mol. The molecule has 2 atom stereocenters. The number of hydrogen-bond acceptors (Lipinski definition) is 5. The molecule has 1 aliphatic rings. The number of piperidine rings is 1. The second-order valence-corrected chi connectivity index (χ2v) is 6.20. The molecule has 7 nitrogen and oxygen atoms in total. The van der Waals surface area contributed by atoms with Crippen LogP contribution < -0.4 is 5.73 Å². The van der Waals surface area contributed by atoms with Gasteiger partial charge in [-0.05, 0) is 53.8 Å². The molecule has 1 aromatic carbocycles. The highest BCUT2D eigenvalue weighted by Gasteiger charge is 2.25. The van der Waals surface area contributed by atoms with Gasteiger partial charge in [-0.2, -0.15) is 0 Å². The maximum atomic E-state index is 12.5. The fraction of sp³-hybridized carbons (Fsp3) is 0.500. The van der Waals surface area contributed by atoms with Gasteiger partial charge in [-0.15, -0.1) is 5.10 Å². The van der Waals surface area contributed by atoms with Gasteiger partial charge in [0.05, 0.1) is 12.1 Å². The Hall–Kier alpha value is -2.28. The summed E-state index contributed by atoms with van der Waals surface area (Å²) in [6.07, 6.45) is 4.11. The van der Waals surface area contributed by atoms with Crippen LogP contribution in [0.2, 0.25) is 0 Å². The van der Waals surface area contributed by atoms with E-state index in [1.807, 2.05) is 36.1 Å². The Kier molecular flexibility index (Phi) is 4.66. The summed E-state index contributed by atoms with van der Waals surface area (Å²) in [5.74, 6) is 0.584. The highest BCUT2D eigenvalue weighted by Crippen LogP contribution is 2.19. The van der Waals surface area contributed by atoms with E-state index < -0.39 is 0 Å². The van der Waals surface area contributed by atoms with Gasteiger partial charge in [-0.25, -0.2) is 4.68 Å². The van der Waals surface area contributed by atoms with Crippen LogP contribution in [0.15, 0.2) is 30.6 Å². The molecule has 0 bridgehead atoms. The molecule has 1 amide bonds. The zero-order valence-corrected chi connectivity index (χ0v) is 13.3. The second-order valence-electron chi connectivity index (χ2n) is 6.20. The number of rotatable bonds is 4. The molecule has 2 aromatic rings. The summed E-state index contributed by atoms with van der Waals surface area (Å²) in [6.45, 7) is 3.64. The number of likely N-dealkylation sites (tertiary alicyclic amines) is 1. The van der Waals surface area contributed by atoms with Crippen LogP contribution in [0.3, 0.4) is 0 Å². The van der Waals surface area contributed by atoms with Gasteiger partial charge in [0.1, 0.15) is 6.33 Å². The average Bonchev–Trinajstić information content (AvgIpc) is 3.10. The molecule has 1 aliphatic heterocycles. The number of tetrazole rings is 1. The molecule has 3 rings (SSSR count). The van der Waals surface area contributed by atoms with Crippen LogP contribution in [0.4, 0.5) is 0 Å². The van der Waals surface area contributed by atoms with Gasteiger partial charge < -0.3 is 10.6 Å². The fourth-order valence-electron chi connectivity index (χ4n) is 3.00. The number of nitrogens with zero attached hydrogens (tertiary/aromatic N) is 5. The third-order valence-electron chi connectivity index (χ3n) is 4.46. The van der Waals surface area contributed by atoms with Gasteiger partial charge in [0, 0.05) is 19.1 Å².